The topological polar surface area (TPSA) is 12.9 Å². The maximum atomic E-state index is 4.09. The fourth-order valence-electron chi connectivity index (χ4n) is 1.84. The van der Waals surface area contributed by atoms with E-state index in [1.165, 1.54) is 31.2 Å². The van der Waals surface area contributed by atoms with Crippen molar-refractivity contribution in [3.63, 3.8) is 0 Å². The summed E-state index contributed by atoms with van der Waals surface area (Å²) in [7, 11) is 0. The molecule has 2 rings (SSSR count). The van der Waals surface area contributed by atoms with E-state index < -0.39 is 0 Å². The molecule has 1 aliphatic carbocycles. The summed E-state index contributed by atoms with van der Waals surface area (Å²) in [5, 5.41) is 0. The first-order valence-electron chi connectivity index (χ1n) is 6.28. The van der Waals surface area contributed by atoms with Gasteiger partial charge >= 0.3 is 0 Å². The van der Waals surface area contributed by atoms with E-state index in [-0.39, 0.29) is 0 Å². The standard InChI is InChI=1S/C13H15N.C2H6/c1-11-8-9-14-10-13(11)7-6-12-4-2-3-5-12;1-2/h8-10,12H,2-5H2,1H3;1-2H3. The summed E-state index contributed by atoms with van der Waals surface area (Å²) in [6, 6.07) is 2.01. The van der Waals surface area contributed by atoms with Gasteiger partial charge in [-0.2, -0.15) is 0 Å². The summed E-state index contributed by atoms with van der Waals surface area (Å²) in [5.74, 6) is 7.22. The Morgan fingerprint density at radius 2 is 1.94 bits per heavy atom. The lowest BCUT2D eigenvalue weighted by molar-refractivity contribution is 0.712. The van der Waals surface area contributed by atoms with Crippen LogP contribution in [0.2, 0.25) is 0 Å². The van der Waals surface area contributed by atoms with Crippen LogP contribution in [0.3, 0.4) is 0 Å². The molecule has 1 heteroatoms. The van der Waals surface area contributed by atoms with Gasteiger partial charge in [0.2, 0.25) is 0 Å². The van der Waals surface area contributed by atoms with E-state index in [4.69, 9.17) is 0 Å². The predicted octanol–water partition coefficient (Wildman–Crippen LogP) is 3.96. The third kappa shape index (κ3) is 3.70. The first kappa shape index (κ1) is 12.8. The van der Waals surface area contributed by atoms with Gasteiger partial charge < -0.3 is 0 Å². The number of aryl methyl sites for hydroxylation is 1. The second-order valence-corrected chi connectivity index (χ2v) is 3.94. The highest BCUT2D eigenvalue weighted by Crippen LogP contribution is 2.23. The molecule has 0 aliphatic heterocycles. The van der Waals surface area contributed by atoms with Crippen LogP contribution in [0.5, 0.6) is 0 Å². The van der Waals surface area contributed by atoms with E-state index in [1.807, 2.05) is 32.3 Å². The lowest BCUT2D eigenvalue weighted by Gasteiger charge is -1.97. The molecule has 0 atom stereocenters. The molecule has 1 heterocycles. The van der Waals surface area contributed by atoms with Crippen molar-refractivity contribution in [2.24, 2.45) is 5.92 Å². The molecule has 1 aromatic rings. The monoisotopic (exact) mass is 215 g/mol. The van der Waals surface area contributed by atoms with Gasteiger partial charge in [0.15, 0.2) is 0 Å². The van der Waals surface area contributed by atoms with Gasteiger partial charge in [0.1, 0.15) is 0 Å². The van der Waals surface area contributed by atoms with E-state index >= 15 is 0 Å². The maximum Gasteiger partial charge on any atom is 0.0458 e. The Morgan fingerprint density at radius 1 is 1.25 bits per heavy atom. The number of hydrogen-bond acceptors (Lipinski definition) is 1. The predicted molar refractivity (Wildman–Crippen MR) is 69.2 cm³/mol. The third-order valence-electron chi connectivity index (χ3n) is 2.81. The van der Waals surface area contributed by atoms with Crippen molar-refractivity contribution < 1.29 is 0 Å². The Morgan fingerprint density at radius 3 is 2.56 bits per heavy atom. The van der Waals surface area contributed by atoms with Gasteiger partial charge in [-0.1, -0.05) is 38.5 Å². The van der Waals surface area contributed by atoms with E-state index in [1.54, 1.807) is 0 Å². The fraction of sp³-hybridized carbons (Fsp3) is 0.533. The lowest BCUT2D eigenvalue weighted by Crippen LogP contribution is -1.88. The number of nitrogens with zero attached hydrogens (tertiary/aromatic N) is 1. The quantitative estimate of drug-likeness (QED) is 0.597. The molecule has 0 aromatic carbocycles. The van der Waals surface area contributed by atoms with Crippen LogP contribution in [-0.4, -0.2) is 4.98 Å². The SMILES string of the molecule is CC.Cc1ccncc1C#CC1CCCC1. The highest BCUT2D eigenvalue weighted by atomic mass is 14.6. The first-order chi connectivity index (χ1) is 7.86. The summed E-state index contributed by atoms with van der Waals surface area (Å²) < 4.78 is 0. The lowest BCUT2D eigenvalue weighted by atomic mass is 10.1. The largest absolute Gasteiger partial charge is 0.263 e. The van der Waals surface area contributed by atoms with E-state index in [0.29, 0.717) is 5.92 Å². The minimum absolute atomic E-state index is 0.634. The van der Waals surface area contributed by atoms with Gasteiger partial charge in [0.25, 0.3) is 0 Å². The molecule has 0 saturated heterocycles. The molecule has 0 spiro atoms. The van der Waals surface area contributed by atoms with Crippen molar-refractivity contribution in [3.8, 4) is 11.8 Å². The second kappa shape index (κ2) is 7.06. The Labute approximate surface area is 99.3 Å². The van der Waals surface area contributed by atoms with E-state index in [0.717, 1.165) is 5.56 Å². The summed E-state index contributed by atoms with van der Waals surface area (Å²) in [5.41, 5.74) is 2.31. The molecule has 1 saturated carbocycles. The zero-order valence-corrected chi connectivity index (χ0v) is 10.6. The molecule has 0 unspecified atom stereocenters. The van der Waals surface area contributed by atoms with Crippen molar-refractivity contribution in [2.45, 2.75) is 46.5 Å². The molecule has 1 aliphatic rings. The molecule has 0 bridgehead atoms. The van der Waals surface area contributed by atoms with Crippen molar-refractivity contribution in [3.05, 3.63) is 29.6 Å². The molecule has 1 fully saturated rings. The highest BCUT2D eigenvalue weighted by molar-refractivity contribution is 5.38. The highest BCUT2D eigenvalue weighted by Gasteiger charge is 2.11. The first-order valence-corrected chi connectivity index (χ1v) is 6.28. The fourth-order valence-corrected chi connectivity index (χ4v) is 1.84. The third-order valence-corrected chi connectivity index (χ3v) is 2.81. The van der Waals surface area contributed by atoms with Crippen LogP contribution in [0.25, 0.3) is 0 Å². The van der Waals surface area contributed by atoms with Gasteiger partial charge in [-0.3, -0.25) is 4.98 Å². The van der Waals surface area contributed by atoms with Crippen molar-refractivity contribution in [1.82, 2.24) is 4.98 Å². The van der Waals surface area contributed by atoms with Crippen molar-refractivity contribution >= 4 is 0 Å². The van der Waals surface area contributed by atoms with Crippen LogP contribution < -0.4 is 0 Å². The summed E-state index contributed by atoms with van der Waals surface area (Å²) in [6.45, 7) is 6.08. The Balaban J connectivity index is 0.000000606. The minimum atomic E-state index is 0.634. The molecular formula is C15H21N. The maximum absolute atomic E-state index is 4.09. The summed E-state index contributed by atoms with van der Waals surface area (Å²) in [4.78, 5) is 4.09. The number of aromatic nitrogens is 1. The minimum Gasteiger partial charge on any atom is -0.263 e. The normalized spacial score (nSPS) is 14.7. The van der Waals surface area contributed by atoms with Crippen LogP contribution in [0, 0.1) is 24.7 Å². The van der Waals surface area contributed by atoms with E-state index in [2.05, 4.69) is 23.7 Å². The van der Waals surface area contributed by atoms with Crippen LogP contribution in [0.15, 0.2) is 18.5 Å². The second-order valence-electron chi connectivity index (χ2n) is 3.94. The number of hydrogen-bond donors (Lipinski definition) is 0. The molecule has 0 N–H and O–H groups in total. The molecule has 0 amide bonds. The molecule has 16 heavy (non-hydrogen) atoms. The van der Waals surface area contributed by atoms with Gasteiger partial charge in [0, 0.05) is 23.9 Å². The van der Waals surface area contributed by atoms with Gasteiger partial charge in [-0.05, 0) is 31.4 Å². The Kier molecular flexibility index (Phi) is 5.64. The molecule has 1 nitrogen and oxygen atoms in total. The smallest absolute Gasteiger partial charge is 0.0458 e. The Bertz CT molecular complexity index is 365. The van der Waals surface area contributed by atoms with Gasteiger partial charge in [-0.25, -0.2) is 0 Å². The van der Waals surface area contributed by atoms with Crippen LogP contribution in [0.1, 0.15) is 50.7 Å². The molecule has 86 valence electrons. The van der Waals surface area contributed by atoms with Crippen molar-refractivity contribution in [2.75, 3.05) is 0 Å². The zero-order valence-electron chi connectivity index (χ0n) is 10.6. The number of rotatable bonds is 0. The summed E-state index contributed by atoms with van der Waals surface area (Å²) >= 11 is 0. The van der Waals surface area contributed by atoms with Crippen LogP contribution >= 0.6 is 0 Å². The van der Waals surface area contributed by atoms with E-state index in [9.17, 15) is 0 Å². The average molecular weight is 215 g/mol. The number of pyridine rings is 1. The molecule has 0 radical (unpaired) electrons. The Hall–Kier alpha value is -1.29. The van der Waals surface area contributed by atoms with Crippen LogP contribution in [-0.2, 0) is 0 Å². The summed E-state index contributed by atoms with van der Waals surface area (Å²) in [6.07, 6.45) is 8.95. The van der Waals surface area contributed by atoms with Gasteiger partial charge in [-0.15, -0.1) is 0 Å². The van der Waals surface area contributed by atoms with Crippen LogP contribution in [0.4, 0.5) is 0 Å². The molecular weight excluding hydrogens is 194 g/mol. The zero-order chi connectivity index (χ0) is 11.8. The average Bonchev–Trinajstić information content (AvgIpc) is 2.84. The van der Waals surface area contributed by atoms with Gasteiger partial charge in [0.05, 0.1) is 0 Å². The molecule has 1 aromatic heterocycles. The van der Waals surface area contributed by atoms with Crippen molar-refractivity contribution in [1.29, 1.82) is 0 Å².